The van der Waals surface area contributed by atoms with Crippen molar-refractivity contribution in [2.75, 3.05) is 11.1 Å². The zero-order valence-corrected chi connectivity index (χ0v) is 19.1. The van der Waals surface area contributed by atoms with Crippen molar-refractivity contribution in [2.45, 2.75) is 39.5 Å². The van der Waals surface area contributed by atoms with Crippen molar-refractivity contribution in [3.8, 4) is 5.75 Å². The molecular weight excluding hydrogens is 454 g/mol. The molecule has 3 rings (SSSR count). The molecule has 0 aliphatic heterocycles. The molecule has 1 N–H and O–H groups in total. The van der Waals surface area contributed by atoms with Crippen molar-refractivity contribution in [1.29, 1.82) is 0 Å². The molecule has 3 aromatic rings. The second kappa shape index (κ2) is 9.45. The number of nitrogens with one attached hydrogen (secondary N) is 1. The van der Waals surface area contributed by atoms with E-state index in [-0.39, 0.29) is 18.3 Å². The maximum atomic E-state index is 12.3. The highest BCUT2D eigenvalue weighted by molar-refractivity contribution is 9.10. The molecule has 0 spiro atoms. The van der Waals surface area contributed by atoms with E-state index in [2.05, 4.69) is 31.4 Å². The fraction of sp³-hybridized carbons (Fsp3) is 0.286. The average molecular weight is 476 g/mol. The molecule has 0 atom stereocenters. The van der Waals surface area contributed by atoms with Gasteiger partial charge in [0.2, 0.25) is 5.91 Å². The van der Waals surface area contributed by atoms with E-state index < -0.39 is 0 Å². The van der Waals surface area contributed by atoms with Crippen LogP contribution < -0.4 is 10.1 Å². The van der Waals surface area contributed by atoms with Gasteiger partial charge in [0.1, 0.15) is 5.75 Å². The fourth-order valence-corrected chi connectivity index (χ4v) is 4.19. The molecular formula is C21H22BrN3O3S. The molecule has 152 valence electrons. The summed E-state index contributed by atoms with van der Waals surface area (Å²) in [6.45, 7) is 8.08. The van der Waals surface area contributed by atoms with E-state index in [1.807, 2.05) is 58.0 Å². The maximum Gasteiger partial charge on any atom is 0.277 e. The molecule has 0 saturated carbocycles. The molecule has 0 aliphatic rings. The number of aromatic nitrogens is 2. The number of aryl methyl sites for hydroxylation is 4. The largest absolute Gasteiger partial charge is 0.483 e. The number of amides is 1. The van der Waals surface area contributed by atoms with Crippen LogP contribution in [0.15, 0.2) is 44.4 Å². The maximum absolute atomic E-state index is 12.3. The zero-order chi connectivity index (χ0) is 21.0. The Morgan fingerprint density at radius 1 is 1.10 bits per heavy atom. The Bertz CT molecular complexity index is 993. The predicted molar refractivity (Wildman–Crippen MR) is 118 cm³/mol. The lowest BCUT2D eigenvalue weighted by molar-refractivity contribution is -0.113. The second-order valence-electron chi connectivity index (χ2n) is 6.72. The Labute approximate surface area is 182 Å². The predicted octanol–water partition coefficient (Wildman–Crippen LogP) is 5.38. The first-order chi connectivity index (χ1) is 13.8. The summed E-state index contributed by atoms with van der Waals surface area (Å²) < 4.78 is 12.4. The van der Waals surface area contributed by atoms with Crippen LogP contribution in [-0.4, -0.2) is 21.9 Å². The van der Waals surface area contributed by atoms with Crippen molar-refractivity contribution in [3.63, 3.8) is 0 Å². The number of hydrogen-bond donors (Lipinski definition) is 1. The zero-order valence-electron chi connectivity index (χ0n) is 16.7. The number of carbonyl (C=O) groups excluding carboxylic acids is 1. The topological polar surface area (TPSA) is 77.2 Å². The minimum absolute atomic E-state index is 0.130. The second-order valence-corrected chi connectivity index (χ2v) is 8.57. The number of ether oxygens (including phenoxy) is 1. The number of hydrogen-bond acceptors (Lipinski definition) is 6. The third-order valence-corrected chi connectivity index (χ3v) is 5.56. The monoisotopic (exact) mass is 475 g/mol. The van der Waals surface area contributed by atoms with Crippen LogP contribution in [0.2, 0.25) is 0 Å². The van der Waals surface area contributed by atoms with Gasteiger partial charge in [-0.3, -0.25) is 4.79 Å². The molecule has 0 radical (unpaired) electrons. The van der Waals surface area contributed by atoms with Crippen LogP contribution >= 0.6 is 27.7 Å². The summed E-state index contributed by atoms with van der Waals surface area (Å²) in [5, 5.41) is 11.3. The van der Waals surface area contributed by atoms with Gasteiger partial charge in [-0.2, -0.15) is 0 Å². The van der Waals surface area contributed by atoms with Crippen molar-refractivity contribution >= 4 is 39.3 Å². The molecule has 1 heterocycles. The number of para-hydroxylation sites is 1. The lowest BCUT2D eigenvalue weighted by atomic mass is 10.1. The summed E-state index contributed by atoms with van der Waals surface area (Å²) >= 11 is 4.65. The Balaban J connectivity index is 1.53. The SMILES string of the molecule is Cc1cc(Br)cc(C)c1NC(=O)CSc1nnc(COc2c(C)cccc2C)o1. The van der Waals surface area contributed by atoms with Gasteiger partial charge in [-0.25, -0.2) is 0 Å². The van der Waals surface area contributed by atoms with Crippen molar-refractivity contribution in [2.24, 2.45) is 0 Å². The number of carbonyl (C=O) groups is 1. The molecule has 2 aromatic carbocycles. The molecule has 8 heteroatoms. The average Bonchev–Trinajstić information content (AvgIpc) is 3.10. The quantitative estimate of drug-likeness (QED) is 0.462. The highest BCUT2D eigenvalue weighted by atomic mass is 79.9. The number of rotatable bonds is 7. The van der Waals surface area contributed by atoms with Crippen LogP contribution in [0, 0.1) is 27.7 Å². The van der Waals surface area contributed by atoms with Crippen molar-refractivity contribution < 1.29 is 13.9 Å². The van der Waals surface area contributed by atoms with Crippen LogP contribution in [0.4, 0.5) is 5.69 Å². The van der Waals surface area contributed by atoms with Crippen molar-refractivity contribution in [1.82, 2.24) is 10.2 Å². The highest BCUT2D eigenvalue weighted by Gasteiger charge is 2.13. The molecule has 1 amide bonds. The molecule has 0 fully saturated rings. The summed E-state index contributed by atoms with van der Waals surface area (Å²) in [6.07, 6.45) is 0. The van der Waals surface area contributed by atoms with E-state index in [9.17, 15) is 4.79 Å². The third kappa shape index (κ3) is 5.61. The molecule has 0 aliphatic carbocycles. The molecule has 0 bridgehead atoms. The fourth-order valence-electron chi connectivity index (χ4n) is 2.93. The van der Waals surface area contributed by atoms with Crippen LogP contribution in [0.5, 0.6) is 5.75 Å². The standard InChI is InChI=1S/C21H22BrN3O3S/c1-12-6-5-7-13(2)20(12)27-10-18-24-25-21(28-18)29-11-17(26)23-19-14(3)8-16(22)9-15(19)4/h5-9H,10-11H2,1-4H3,(H,23,26). The van der Waals surface area contributed by atoms with E-state index in [1.165, 1.54) is 11.8 Å². The first-order valence-electron chi connectivity index (χ1n) is 9.04. The summed E-state index contributed by atoms with van der Waals surface area (Å²) in [7, 11) is 0. The minimum Gasteiger partial charge on any atom is -0.483 e. The van der Waals surface area contributed by atoms with Crippen LogP contribution in [0.3, 0.4) is 0 Å². The summed E-state index contributed by atoms with van der Waals surface area (Å²) in [5.74, 6) is 1.23. The van der Waals surface area contributed by atoms with Gasteiger partial charge in [-0.05, 0) is 62.1 Å². The van der Waals surface area contributed by atoms with Gasteiger partial charge < -0.3 is 14.5 Å². The summed E-state index contributed by atoms with van der Waals surface area (Å²) in [6, 6.07) is 9.91. The van der Waals surface area contributed by atoms with Gasteiger partial charge in [0, 0.05) is 10.2 Å². The van der Waals surface area contributed by atoms with E-state index in [1.54, 1.807) is 0 Å². The van der Waals surface area contributed by atoms with E-state index in [0.29, 0.717) is 11.1 Å². The Morgan fingerprint density at radius 2 is 1.76 bits per heavy atom. The molecule has 29 heavy (non-hydrogen) atoms. The first kappa shape index (κ1) is 21.4. The van der Waals surface area contributed by atoms with Gasteiger partial charge in [0.15, 0.2) is 6.61 Å². The molecule has 0 unspecified atom stereocenters. The minimum atomic E-state index is -0.130. The van der Waals surface area contributed by atoms with E-state index in [4.69, 9.17) is 9.15 Å². The lowest BCUT2D eigenvalue weighted by Crippen LogP contribution is -2.15. The van der Waals surface area contributed by atoms with Gasteiger partial charge in [-0.15, -0.1) is 10.2 Å². The van der Waals surface area contributed by atoms with Gasteiger partial charge in [0.05, 0.1) is 5.75 Å². The smallest absolute Gasteiger partial charge is 0.277 e. The Morgan fingerprint density at radius 3 is 2.41 bits per heavy atom. The van der Waals surface area contributed by atoms with Crippen LogP contribution in [0.25, 0.3) is 0 Å². The van der Waals surface area contributed by atoms with E-state index >= 15 is 0 Å². The number of anilines is 1. The van der Waals surface area contributed by atoms with E-state index in [0.717, 1.165) is 38.2 Å². The first-order valence-corrected chi connectivity index (χ1v) is 10.8. The molecule has 0 saturated heterocycles. The number of thioether (sulfide) groups is 1. The van der Waals surface area contributed by atoms with Gasteiger partial charge in [0.25, 0.3) is 11.1 Å². The number of nitrogens with zero attached hydrogens (tertiary/aromatic N) is 2. The summed E-state index contributed by atoms with van der Waals surface area (Å²) in [5.41, 5.74) is 4.92. The highest BCUT2D eigenvalue weighted by Crippen LogP contribution is 2.26. The normalized spacial score (nSPS) is 10.8. The van der Waals surface area contributed by atoms with Gasteiger partial charge in [-0.1, -0.05) is 45.9 Å². The Kier molecular flexibility index (Phi) is 6.97. The van der Waals surface area contributed by atoms with Crippen LogP contribution in [0.1, 0.15) is 28.1 Å². The summed E-state index contributed by atoms with van der Waals surface area (Å²) in [4.78, 5) is 12.3. The third-order valence-electron chi connectivity index (χ3n) is 4.29. The lowest BCUT2D eigenvalue weighted by Gasteiger charge is -2.11. The molecule has 1 aromatic heterocycles. The van der Waals surface area contributed by atoms with Gasteiger partial charge >= 0.3 is 0 Å². The van der Waals surface area contributed by atoms with Crippen molar-refractivity contribution in [3.05, 3.63) is 62.9 Å². The Hall–Kier alpha value is -2.32. The van der Waals surface area contributed by atoms with Crippen LogP contribution in [-0.2, 0) is 11.4 Å². The number of halogens is 1. The molecule has 6 nitrogen and oxygen atoms in total. The number of benzene rings is 2.